The number of ketones is 1. The van der Waals surface area contributed by atoms with Gasteiger partial charge < -0.3 is 9.30 Å². The normalized spacial score (nSPS) is 12.1. The number of ether oxygens (including phenoxy) is 1. The molecule has 0 radical (unpaired) electrons. The van der Waals surface area contributed by atoms with E-state index in [2.05, 4.69) is 9.97 Å². The Balaban J connectivity index is 1.35. The first-order valence-electron chi connectivity index (χ1n) is 13.0. The van der Waals surface area contributed by atoms with Gasteiger partial charge in [-0.3, -0.25) is 4.79 Å². The summed E-state index contributed by atoms with van der Waals surface area (Å²) in [6.45, 7) is 5.20. The van der Waals surface area contributed by atoms with Crippen LogP contribution in [-0.4, -0.2) is 26.9 Å². The SMILES string of the molecule is CC(C)(C)C(=O)COc1ccc(-c2ccc(Cn3ccc4nc(-c5cccc(F)c5F)nc-4c3)cc2)c(C(F)(F)F)c1. The summed E-state index contributed by atoms with van der Waals surface area (Å²) >= 11 is 0. The zero-order valence-corrected chi connectivity index (χ0v) is 23.0. The molecule has 0 bridgehead atoms. The number of aromatic nitrogens is 3. The monoisotopic (exact) mass is 579 g/mol. The van der Waals surface area contributed by atoms with Gasteiger partial charge in [-0.2, -0.15) is 13.2 Å². The minimum absolute atomic E-state index is 0.0122. The number of carbonyl (C=O) groups excluding carboxylic acids is 1. The van der Waals surface area contributed by atoms with Gasteiger partial charge in [0.1, 0.15) is 18.1 Å². The van der Waals surface area contributed by atoms with Crippen LogP contribution < -0.4 is 4.74 Å². The highest BCUT2D eigenvalue weighted by atomic mass is 19.4. The number of imidazole rings is 1. The lowest BCUT2D eigenvalue weighted by atomic mass is 9.91. The van der Waals surface area contributed by atoms with Crippen molar-refractivity contribution < 1.29 is 31.5 Å². The van der Waals surface area contributed by atoms with E-state index in [1.807, 2.05) is 4.57 Å². The predicted octanol–water partition coefficient (Wildman–Crippen LogP) is 8.06. The Morgan fingerprint density at radius 1 is 0.881 bits per heavy atom. The zero-order valence-electron chi connectivity index (χ0n) is 23.0. The van der Waals surface area contributed by atoms with Gasteiger partial charge in [-0.05, 0) is 47.0 Å². The van der Waals surface area contributed by atoms with Crippen LogP contribution in [0.1, 0.15) is 31.9 Å². The lowest BCUT2D eigenvalue weighted by molar-refractivity contribution is -0.137. The van der Waals surface area contributed by atoms with Gasteiger partial charge in [-0.1, -0.05) is 57.2 Å². The van der Waals surface area contributed by atoms with Crippen molar-refractivity contribution >= 4 is 5.78 Å². The largest absolute Gasteiger partial charge is 0.486 e. The highest BCUT2D eigenvalue weighted by Gasteiger charge is 2.34. The van der Waals surface area contributed by atoms with Crippen LogP contribution >= 0.6 is 0 Å². The van der Waals surface area contributed by atoms with Crippen molar-refractivity contribution in [3.8, 4) is 39.7 Å². The molecule has 0 N–H and O–H groups in total. The fourth-order valence-corrected chi connectivity index (χ4v) is 4.31. The smallest absolute Gasteiger partial charge is 0.417 e. The average molecular weight is 580 g/mol. The Bertz CT molecular complexity index is 1720. The second-order valence-corrected chi connectivity index (χ2v) is 10.9. The first-order chi connectivity index (χ1) is 19.8. The molecule has 0 atom stereocenters. The van der Waals surface area contributed by atoms with Gasteiger partial charge in [0.15, 0.2) is 23.2 Å². The lowest BCUT2D eigenvalue weighted by Crippen LogP contribution is -2.26. The molecule has 0 spiro atoms. The Kier molecular flexibility index (Phi) is 7.57. The van der Waals surface area contributed by atoms with Crippen molar-refractivity contribution in [2.24, 2.45) is 5.41 Å². The molecule has 2 aliphatic heterocycles. The number of halogens is 5. The van der Waals surface area contributed by atoms with E-state index in [1.54, 1.807) is 63.5 Å². The van der Waals surface area contributed by atoms with Crippen molar-refractivity contribution in [3.05, 3.63) is 102 Å². The molecule has 2 heterocycles. The number of rotatable bonds is 7. The second-order valence-electron chi connectivity index (χ2n) is 10.9. The average Bonchev–Trinajstić information content (AvgIpc) is 3.36. The number of carbonyl (C=O) groups is 1. The number of pyridine rings is 1. The van der Waals surface area contributed by atoms with Crippen molar-refractivity contribution in [1.82, 2.24) is 14.5 Å². The molecule has 3 aromatic carbocycles. The first kappa shape index (κ1) is 28.9. The summed E-state index contributed by atoms with van der Waals surface area (Å²) in [6.07, 6.45) is -1.18. The summed E-state index contributed by atoms with van der Waals surface area (Å²) < 4.78 is 77.0. The molecule has 3 aromatic rings. The summed E-state index contributed by atoms with van der Waals surface area (Å²) in [4.78, 5) is 20.8. The van der Waals surface area contributed by atoms with E-state index in [0.717, 1.165) is 17.7 Å². The van der Waals surface area contributed by atoms with Gasteiger partial charge >= 0.3 is 6.18 Å². The number of Topliss-reactive ketones (excluding diaryl/α,β-unsaturated/α-hetero) is 1. The number of benzene rings is 3. The Morgan fingerprint density at radius 3 is 2.29 bits per heavy atom. The van der Waals surface area contributed by atoms with E-state index >= 15 is 0 Å². The van der Waals surface area contributed by atoms with Crippen molar-refractivity contribution in [3.63, 3.8) is 0 Å². The Labute approximate surface area is 239 Å². The highest BCUT2D eigenvalue weighted by Crippen LogP contribution is 2.39. The third-order valence-electron chi connectivity index (χ3n) is 6.75. The summed E-state index contributed by atoms with van der Waals surface area (Å²) in [7, 11) is 0. The minimum Gasteiger partial charge on any atom is -0.486 e. The van der Waals surface area contributed by atoms with E-state index in [0.29, 0.717) is 23.5 Å². The van der Waals surface area contributed by atoms with Crippen LogP contribution in [0.15, 0.2) is 79.1 Å². The molecule has 0 aliphatic carbocycles. The van der Waals surface area contributed by atoms with Crippen LogP contribution in [0.25, 0.3) is 33.9 Å². The summed E-state index contributed by atoms with van der Waals surface area (Å²) in [6, 6.07) is 15.8. The summed E-state index contributed by atoms with van der Waals surface area (Å²) in [5.74, 6) is -2.20. The molecular formula is C32H26F5N3O2. The van der Waals surface area contributed by atoms with E-state index in [-0.39, 0.29) is 35.1 Å². The van der Waals surface area contributed by atoms with Crippen LogP contribution in [0.3, 0.4) is 0 Å². The summed E-state index contributed by atoms with van der Waals surface area (Å²) in [5, 5.41) is 0. The fourth-order valence-electron chi connectivity index (χ4n) is 4.31. The van der Waals surface area contributed by atoms with E-state index in [9.17, 15) is 26.7 Å². The van der Waals surface area contributed by atoms with Gasteiger partial charge in [0.05, 0.1) is 16.8 Å². The van der Waals surface area contributed by atoms with Crippen LogP contribution in [0.5, 0.6) is 5.75 Å². The molecule has 5 rings (SSSR count). The van der Waals surface area contributed by atoms with Gasteiger partial charge in [0.2, 0.25) is 0 Å². The molecule has 10 heteroatoms. The molecule has 0 unspecified atom stereocenters. The quantitative estimate of drug-likeness (QED) is 0.183. The van der Waals surface area contributed by atoms with Gasteiger partial charge in [-0.25, -0.2) is 18.7 Å². The number of nitrogens with zero attached hydrogens (tertiary/aromatic N) is 3. The molecule has 5 nitrogen and oxygen atoms in total. The fraction of sp³-hybridized carbons (Fsp3) is 0.219. The van der Waals surface area contributed by atoms with E-state index < -0.39 is 28.8 Å². The molecule has 0 amide bonds. The zero-order chi connectivity index (χ0) is 30.2. The Morgan fingerprint density at radius 2 is 1.60 bits per heavy atom. The van der Waals surface area contributed by atoms with Gasteiger partial charge in [0, 0.05) is 24.4 Å². The molecule has 216 valence electrons. The number of alkyl halides is 3. The van der Waals surface area contributed by atoms with Crippen LogP contribution in [0.2, 0.25) is 0 Å². The minimum atomic E-state index is -4.64. The molecule has 0 aromatic heterocycles. The number of hydrogen-bond donors (Lipinski definition) is 0. The topological polar surface area (TPSA) is 57.0 Å². The number of hydrogen-bond acceptors (Lipinski definition) is 4. The van der Waals surface area contributed by atoms with Gasteiger partial charge in [0.25, 0.3) is 0 Å². The first-order valence-corrected chi connectivity index (χ1v) is 13.0. The number of fused-ring (bicyclic) bond motifs is 1. The maximum absolute atomic E-state index is 14.2. The lowest BCUT2D eigenvalue weighted by Gasteiger charge is -2.18. The van der Waals surface area contributed by atoms with E-state index in [4.69, 9.17) is 4.74 Å². The third-order valence-corrected chi connectivity index (χ3v) is 6.75. The summed E-state index contributed by atoms with van der Waals surface area (Å²) in [5.41, 5.74) is 0.591. The van der Waals surface area contributed by atoms with Crippen molar-refractivity contribution in [1.29, 1.82) is 0 Å². The molecule has 42 heavy (non-hydrogen) atoms. The van der Waals surface area contributed by atoms with Crippen molar-refractivity contribution in [2.45, 2.75) is 33.5 Å². The van der Waals surface area contributed by atoms with Crippen molar-refractivity contribution in [2.75, 3.05) is 6.61 Å². The second kappa shape index (κ2) is 11.0. The van der Waals surface area contributed by atoms with Crippen LogP contribution in [0, 0.1) is 17.0 Å². The maximum atomic E-state index is 14.2. The molecule has 2 aliphatic rings. The van der Waals surface area contributed by atoms with Crippen LogP contribution in [0.4, 0.5) is 22.0 Å². The molecule has 0 fully saturated rings. The van der Waals surface area contributed by atoms with Crippen LogP contribution in [-0.2, 0) is 17.5 Å². The van der Waals surface area contributed by atoms with E-state index in [1.165, 1.54) is 24.3 Å². The molecular weight excluding hydrogens is 553 g/mol. The highest BCUT2D eigenvalue weighted by molar-refractivity contribution is 5.85. The standard InChI is InChI=1S/C32H26F5N3O2/c1-31(2,3)28(41)18-42-21-11-12-22(24(15-21)32(35,36)37)20-9-7-19(8-10-20)16-40-14-13-26-27(17-40)39-30(38-26)23-5-4-6-25(33)29(23)34/h4-15,17H,16,18H2,1-3H3. The molecule has 0 saturated heterocycles. The Hall–Kier alpha value is -4.60. The maximum Gasteiger partial charge on any atom is 0.417 e. The molecule has 0 saturated carbocycles. The third kappa shape index (κ3) is 6.17. The van der Waals surface area contributed by atoms with Gasteiger partial charge in [-0.15, -0.1) is 0 Å². The predicted molar refractivity (Wildman–Crippen MR) is 148 cm³/mol.